The third kappa shape index (κ3) is 2.77. The maximum Gasteiger partial charge on any atom is 0.147 e. The Morgan fingerprint density at radius 2 is 1.62 bits per heavy atom. The lowest BCUT2D eigenvalue weighted by atomic mass is 10.0. The van der Waals surface area contributed by atoms with Crippen LogP contribution in [0.3, 0.4) is 0 Å². The van der Waals surface area contributed by atoms with Gasteiger partial charge in [-0.2, -0.15) is 4.99 Å². The molecule has 4 aromatic rings. The van der Waals surface area contributed by atoms with Gasteiger partial charge in [-0.1, -0.05) is 36.4 Å². The smallest absolute Gasteiger partial charge is 0.147 e. The molecule has 0 spiro atoms. The maximum atomic E-state index is 4.41. The second-order valence-electron chi connectivity index (χ2n) is 5.31. The van der Waals surface area contributed by atoms with Gasteiger partial charge < -0.3 is 0 Å². The van der Waals surface area contributed by atoms with Crippen LogP contribution in [0.15, 0.2) is 84.4 Å². The Balaban J connectivity index is 0.000000207. The second kappa shape index (κ2) is 6.38. The Bertz CT molecular complexity index is 1050. The Hall–Kier alpha value is -3.40. The van der Waals surface area contributed by atoms with Crippen molar-refractivity contribution in [3.8, 4) is 0 Å². The lowest BCUT2D eigenvalue weighted by Crippen LogP contribution is -1.82. The minimum absolute atomic E-state index is 1.06. The fraction of sp³-hybridized carbons (Fsp3) is 0. The van der Waals surface area contributed by atoms with E-state index in [2.05, 4.69) is 74.6 Å². The van der Waals surface area contributed by atoms with Crippen molar-refractivity contribution in [2.45, 2.75) is 0 Å². The zero-order chi connectivity index (χ0) is 16.2. The molecule has 0 unspecified atom stereocenters. The van der Waals surface area contributed by atoms with E-state index in [1.54, 1.807) is 6.08 Å². The number of rotatable bonds is 0. The number of nitrogens with zero attached hydrogens (tertiary/aromatic N) is 2. The van der Waals surface area contributed by atoms with Gasteiger partial charge in [-0.05, 0) is 57.0 Å². The molecule has 0 atom stereocenters. The van der Waals surface area contributed by atoms with Crippen molar-refractivity contribution >= 4 is 38.7 Å². The third-order valence-corrected chi connectivity index (χ3v) is 3.83. The first-order valence-corrected chi connectivity index (χ1v) is 7.59. The average Bonchev–Trinajstić information content (AvgIpc) is 2.68. The van der Waals surface area contributed by atoms with Crippen LogP contribution in [0.5, 0.6) is 0 Å². The van der Waals surface area contributed by atoms with Crippen molar-refractivity contribution in [2.75, 3.05) is 0 Å². The maximum absolute atomic E-state index is 4.41. The van der Waals surface area contributed by atoms with E-state index in [1.807, 2.05) is 12.3 Å². The van der Waals surface area contributed by atoms with Gasteiger partial charge in [0.15, 0.2) is 0 Å². The summed E-state index contributed by atoms with van der Waals surface area (Å²) in [6.07, 6.45) is 6.36. The molecular formula is C20H14N2O2. The molecule has 0 saturated heterocycles. The first-order valence-electron chi connectivity index (χ1n) is 7.59. The molecule has 5 rings (SSSR count). The van der Waals surface area contributed by atoms with Gasteiger partial charge in [-0.25, -0.2) is 0 Å². The van der Waals surface area contributed by atoms with Gasteiger partial charge in [0.1, 0.15) is 6.26 Å². The molecule has 0 bridgehead atoms. The summed E-state index contributed by atoms with van der Waals surface area (Å²) < 4.78 is 0. The molecule has 1 aliphatic rings. The molecule has 1 aliphatic heterocycles. The summed E-state index contributed by atoms with van der Waals surface area (Å²) in [5, 5.41) is 9.58. The van der Waals surface area contributed by atoms with Crippen molar-refractivity contribution in [3.05, 3.63) is 79.2 Å². The number of oxime groups is 1. The molecule has 0 amide bonds. The fourth-order valence-electron chi connectivity index (χ4n) is 2.75. The summed E-state index contributed by atoms with van der Waals surface area (Å²) in [5.41, 5.74) is 1.06. The van der Waals surface area contributed by atoms with Crippen LogP contribution in [-0.2, 0) is 9.88 Å². The fourth-order valence-corrected chi connectivity index (χ4v) is 2.75. The zero-order valence-electron chi connectivity index (χ0n) is 12.8. The number of hydrogen-bond donors (Lipinski definition) is 0. The van der Waals surface area contributed by atoms with Crippen LogP contribution in [0.1, 0.15) is 0 Å². The lowest BCUT2D eigenvalue weighted by molar-refractivity contribution is -0.251. The van der Waals surface area contributed by atoms with Crippen molar-refractivity contribution in [1.82, 2.24) is 4.98 Å². The Morgan fingerprint density at radius 1 is 0.750 bits per heavy atom. The topological polar surface area (TPSA) is 43.7 Å². The minimum Gasteiger partial charge on any atom is -0.275 e. The zero-order valence-corrected chi connectivity index (χ0v) is 12.8. The van der Waals surface area contributed by atoms with Crippen molar-refractivity contribution < 1.29 is 9.88 Å². The Kier molecular flexibility index (Phi) is 3.78. The number of fused-ring (bicyclic) bond motifs is 4. The molecule has 1 aromatic heterocycles. The number of aromatic nitrogens is 1. The van der Waals surface area contributed by atoms with Crippen LogP contribution in [0, 0.1) is 0 Å². The number of hydrogen-bond acceptors (Lipinski definition) is 4. The summed E-state index contributed by atoms with van der Waals surface area (Å²) in [6, 6.07) is 21.4. The van der Waals surface area contributed by atoms with Crippen LogP contribution < -0.4 is 0 Å². The highest BCUT2D eigenvalue weighted by molar-refractivity contribution is 6.11. The highest BCUT2D eigenvalue weighted by Gasteiger charge is 2.02. The van der Waals surface area contributed by atoms with Gasteiger partial charge in [0.2, 0.25) is 0 Å². The summed E-state index contributed by atoms with van der Waals surface area (Å²) in [6.45, 7) is 0. The summed E-state index contributed by atoms with van der Waals surface area (Å²) in [5.74, 6) is 0. The normalized spacial score (nSPS) is 12.5. The van der Waals surface area contributed by atoms with Gasteiger partial charge in [0.25, 0.3) is 0 Å². The predicted octanol–water partition coefficient (Wildman–Crippen LogP) is 4.99. The number of benzene rings is 3. The molecule has 0 saturated carbocycles. The van der Waals surface area contributed by atoms with Crippen LogP contribution >= 0.6 is 0 Å². The quantitative estimate of drug-likeness (QED) is 0.261. The van der Waals surface area contributed by atoms with E-state index < -0.39 is 0 Å². The largest absolute Gasteiger partial charge is 0.275 e. The van der Waals surface area contributed by atoms with Gasteiger partial charge in [-0.15, -0.1) is 0 Å². The summed E-state index contributed by atoms with van der Waals surface area (Å²) in [7, 11) is 0. The number of pyridine rings is 1. The highest BCUT2D eigenvalue weighted by atomic mass is 17.3. The minimum atomic E-state index is 1.06. The van der Waals surface area contributed by atoms with E-state index in [-0.39, 0.29) is 0 Å². The average molecular weight is 314 g/mol. The standard InChI is InChI=1S/C17H11N.C3H3NO2/c1-2-5-13-11-16-14(10-12(13)4-1)7-8-17-15(16)6-3-9-18-17;1-2-4-6-5-3-1/h1-11H;1-3H. The highest BCUT2D eigenvalue weighted by Crippen LogP contribution is 2.28. The molecule has 116 valence electrons. The van der Waals surface area contributed by atoms with E-state index in [0.717, 1.165) is 5.52 Å². The van der Waals surface area contributed by atoms with Gasteiger partial charge in [-0.3, -0.25) is 9.87 Å². The second-order valence-corrected chi connectivity index (χ2v) is 5.31. The van der Waals surface area contributed by atoms with E-state index in [4.69, 9.17) is 0 Å². The third-order valence-electron chi connectivity index (χ3n) is 3.83. The van der Waals surface area contributed by atoms with Gasteiger partial charge in [0, 0.05) is 11.6 Å². The van der Waals surface area contributed by atoms with Crippen molar-refractivity contribution in [1.29, 1.82) is 0 Å². The number of allylic oxidation sites excluding steroid dienone is 1. The first-order chi connectivity index (χ1) is 11.9. The molecule has 3 aromatic carbocycles. The van der Waals surface area contributed by atoms with E-state index in [1.165, 1.54) is 39.4 Å². The van der Waals surface area contributed by atoms with Crippen molar-refractivity contribution in [3.63, 3.8) is 0 Å². The molecule has 24 heavy (non-hydrogen) atoms. The molecule has 4 heteroatoms. The molecule has 0 aliphatic carbocycles. The lowest BCUT2D eigenvalue weighted by Gasteiger charge is -2.05. The van der Waals surface area contributed by atoms with Crippen molar-refractivity contribution in [2.24, 2.45) is 5.16 Å². The summed E-state index contributed by atoms with van der Waals surface area (Å²) >= 11 is 0. The molecule has 0 radical (unpaired) electrons. The van der Waals surface area contributed by atoms with Crippen LogP contribution in [0.4, 0.5) is 0 Å². The van der Waals surface area contributed by atoms with E-state index >= 15 is 0 Å². The molecule has 2 heterocycles. The SMILES string of the molecule is C1=COON=C1.c1ccc2cc3c(ccc4ncccc43)cc2c1. The molecule has 0 N–H and O–H groups in total. The first kappa shape index (κ1) is 14.2. The van der Waals surface area contributed by atoms with E-state index in [9.17, 15) is 0 Å². The monoisotopic (exact) mass is 314 g/mol. The van der Waals surface area contributed by atoms with Crippen LogP contribution in [0.25, 0.3) is 32.4 Å². The van der Waals surface area contributed by atoms with Crippen LogP contribution in [0.2, 0.25) is 0 Å². The van der Waals surface area contributed by atoms with Crippen LogP contribution in [-0.4, -0.2) is 11.2 Å². The molecule has 4 nitrogen and oxygen atoms in total. The molecule has 0 fully saturated rings. The Labute approximate surface area is 138 Å². The Morgan fingerprint density at radius 3 is 2.33 bits per heavy atom. The predicted molar refractivity (Wildman–Crippen MR) is 96.6 cm³/mol. The van der Waals surface area contributed by atoms with E-state index in [0.29, 0.717) is 0 Å². The van der Waals surface area contributed by atoms with Gasteiger partial charge in [0.05, 0.1) is 11.7 Å². The summed E-state index contributed by atoms with van der Waals surface area (Å²) in [4.78, 5) is 12.7. The van der Waals surface area contributed by atoms with Gasteiger partial charge >= 0.3 is 0 Å². The molecular weight excluding hydrogens is 300 g/mol.